The fourth-order valence-electron chi connectivity index (χ4n) is 5.57. The Hall–Kier alpha value is -2.23. The minimum atomic E-state index is -4.39. The van der Waals surface area contributed by atoms with Crippen LogP contribution in [-0.2, 0) is 24.1 Å². The lowest BCUT2D eigenvalue weighted by Crippen LogP contribution is -2.12. The molecule has 2 heterocycles. The van der Waals surface area contributed by atoms with Crippen molar-refractivity contribution in [2.24, 2.45) is 0 Å². The van der Waals surface area contributed by atoms with Crippen molar-refractivity contribution in [1.29, 1.82) is 0 Å². The highest BCUT2D eigenvalue weighted by Gasteiger charge is 2.36. The van der Waals surface area contributed by atoms with Crippen molar-refractivity contribution in [2.75, 3.05) is 0 Å². The van der Waals surface area contributed by atoms with Crippen molar-refractivity contribution < 1.29 is 27.8 Å². The number of fused-ring (bicyclic) bond motifs is 3. The number of carboxylic acid groups (broad SMARTS) is 1. The van der Waals surface area contributed by atoms with Gasteiger partial charge < -0.3 is 14.4 Å². The van der Waals surface area contributed by atoms with Crippen LogP contribution >= 0.6 is 22.6 Å². The molecule has 0 saturated heterocycles. The van der Waals surface area contributed by atoms with E-state index in [1.165, 1.54) is 6.07 Å². The van der Waals surface area contributed by atoms with Gasteiger partial charge in [-0.1, -0.05) is 25.0 Å². The van der Waals surface area contributed by atoms with Crippen molar-refractivity contribution >= 4 is 39.5 Å². The van der Waals surface area contributed by atoms with E-state index in [4.69, 9.17) is 4.74 Å². The summed E-state index contributed by atoms with van der Waals surface area (Å²) in [5.41, 5.74) is 2.43. The minimum absolute atomic E-state index is 0.0136. The SMILES string of the molecule is O=C(O)C[C@@H]1CCn2c1c(I)c1cc(OCc3ccc(C4CCCC4)c(C(F)(F)F)c3)ccc12. The predicted molar refractivity (Wildman–Crippen MR) is 131 cm³/mol. The van der Waals surface area contributed by atoms with Crippen LogP contribution in [0.3, 0.4) is 0 Å². The molecule has 180 valence electrons. The average Bonchev–Trinajstić information content (AvgIpc) is 3.51. The highest BCUT2D eigenvalue weighted by molar-refractivity contribution is 14.1. The van der Waals surface area contributed by atoms with Gasteiger partial charge in [-0.15, -0.1) is 0 Å². The number of rotatable bonds is 6. The number of hydrogen-bond donors (Lipinski definition) is 1. The molecular weight excluding hydrogens is 558 g/mol. The standard InChI is InChI=1S/C26H25F3INO3/c27-26(28,29)21-11-15(5-7-19(21)16-3-1-2-4-16)14-34-18-6-8-22-20(13-18)24(30)25-17(12-23(32)33)9-10-31(22)25/h5-8,11,13,16-17H,1-4,9-10,12,14H2,(H,32,33)/t17-/m0/s1. The van der Waals surface area contributed by atoms with Gasteiger partial charge in [-0.3, -0.25) is 4.79 Å². The monoisotopic (exact) mass is 583 g/mol. The molecule has 1 aromatic heterocycles. The molecule has 2 aromatic carbocycles. The number of aryl methyl sites for hydroxylation is 1. The third-order valence-electron chi connectivity index (χ3n) is 7.14. The summed E-state index contributed by atoms with van der Waals surface area (Å²) in [6, 6.07) is 10.3. The zero-order valence-electron chi connectivity index (χ0n) is 18.5. The number of hydrogen-bond acceptors (Lipinski definition) is 2. The number of halogens is 4. The number of carboxylic acids is 1. The molecule has 1 aliphatic heterocycles. The molecule has 0 spiro atoms. The maximum atomic E-state index is 13.8. The van der Waals surface area contributed by atoms with Crippen molar-refractivity contribution in [2.45, 2.75) is 69.7 Å². The Labute approximate surface area is 209 Å². The van der Waals surface area contributed by atoms with Gasteiger partial charge >= 0.3 is 12.1 Å². The normalized spacial score (nSPS) is 18.5. The second-order valence-electron chi connectivity index (χ2n) is 9.30. The van der Waals surface area contributed by atoms with Crippen molar-refractivity contribution in [3.8, 4) is 5.75 Å². The highest BCUT2D eigenvalue weighted by Crippen LogP contribution is 2.43. The molecule has 0 unspecified atom stereocenters. The fourth-order valence-corrected chi connectivity index (χ4v) is 6.74. The van der Waals surface area contributed by atoms with Gasteiger partial charge in [0.05, 0.1) is 12.0 Å². The van der Waals surface area contributed by atoms with Crippen LogP contribution in [0.5, 0.6) is 5.75 Å². The van der Waals surface area contributed by atoms with Crippen molar-refractivity contribution in [3.63, 3.8) is 0 Å². The highest BCUT2D eigenvalue weighted by atomic mass is 127. The summed E-state index contributed by atoms with van der Waals surface area (Å²) in [6.07, 6.45) is 0.114. The maximum absolute atomic E-state index is 13.8. The molecule has 1 fully saturated rings. The molecule has 4 nitrogen and oxygen atoms in total. The van der Waals surface area contributed by atoms with Gasteiger partial charge in [0, 0.05) is 32.6 Å². The van der Waals surface area contributed by atoms with E-state index in [1.54, 1.807) is 12.1 Å². The van der Waals surface area contributed by atoms with Gasteiger partial charge in [0.1, 0.15) is 12.4 Å². The average molecular weight is 583 g/mol. The quantitative estimate of drug-likeness (QED) is 0.307. The first-order valence-corrected chi connectivity index (χ1v) is 12.7. The summed E-state index contributed by atoms with van der Waals surface area (Å²) in [5.74, 6) is -0.253. The fraction of sp³-hybridized carbons (Fsp3) is 0.423. The van der Waals surface area contributed by atoms with E-state index in [9.17, 15) is 23.1 Å². The zero-order chi connectivity index (χ0) is 24.0. The number of aromatic nitrogens is 1. The third kappa shape index (κ3) is 4.41. The Kier molecular flexibility index (Phi) is 6.29. The number of benzene rings is 2. The zero-order valence-corrected chi connectivity index (χ0v) is 20.7. The number of ether oxygens (including phenoxy) is 1. The number of alkyl halides is 3. The van der Waals surface area contributed by atoms with Gasteiger partial charge in [0.15, 0.2) is 0 Å². The Morgan fingerprint density at radius 3 is 2.59 bits per heavy atom. The Balaban J connectivity index is 1.38. The second kappa shape index (κ2) is 9.09. The van der Waals surface area contributed by atoms with E-state index >= 15 is 0 Å². The van der Waals surface area contributed by atoms with Crippen molar-refractivity contribution in [3.05, 3.63) is 62.4 Å². The molecule has 1 atom stereocenters. The first kappa shape index (κ1) is 23.5. The van der Waals surface area contributed by atoms with Crippen LogP contribution in [0.15, 0.2) is 36.4 Å². The Bertz CT molecular complexity index is 1240. The lowest BCUT2D eigenvalue weighted by Gasteiger charge is -2.19. The molecule has 0 radical (unpaired) electrons. The molecule has 2 aliphatic rings. The summed E-state index contributed by atoms with van der Waals surface area (Å²) >= 11 is 2.26. The summed E-state index contributed by atoms with van der Waals surface area (Å²) in [7, 11) is 0. The molecule has 0 amide bonds. The summed E-state index contributed by atoms with van der Waals surface area (Å²) in [4.78, 5) is 11.2. The molecule has 5 rings (SSSR count). The topological polar surface area (TPSA) is 51.5 Å². The van der Waals surface area contributed by atoms with Crippen molar-refractivity contribution in [1.82, 2.24) is 4.57 Å². The predicted octanol–water partition coefficient (Wildman–Crippen LogP) is 7.46. The van der Waals surface area contributed by atoms with E-state index in [1.807, 2.05) is 18.2 Å². The minimum Gasteiger partial charge on any atom is -0.489 e. The van der Waals surface area contributed by atoms with Crippen LogP contribution in [0.2, 0.25) is 0 Å². The molecule has 1 saturated carbocycles. The van der Waals surface area contributed by atoms with Crippen LogP contribution in [0.1, 0.15) is 72.7 Å². The molecule has 0 bridgehead atoms. The molecule has 1 N–H and O–H groups in total. The van der Waals surface area contributed by atoms with Crippen LogP contribution < -0.4 is 4.74 Å². The van der Waals surface area contributed by atoms with Crippen LogP contribution in [0.4, 0.5) is 13.2 Å². The molecule has 3 aromatic rings. The van der Waals surface area contributed by atoms with Gasteiger partial charge in [0.25, 0.3) is 0 Å². The smallest absolute Gasteiger partial charge is 0.416 e. The molecule has 34 heavy (non-hydrogen) atoms. The number of aliphatic carboxylic acids is 1. The van der Waals surface area contributed by atoms with E-state index in [0.29, 0.717) is 16.9 Å². The van der Waals surface area contributed by atoms with E-state index in [0.717, 1.165) is 58.8 Å². The van der Waals surface area contributed by atoms with Gasteiger partial charge in [-0.05, 0) is 83.2 Å². The summed E-state index contributed by atoms with van der Waals surface area (Å²) in [6.45, 7) is 0.825. The van der Waals surface area contributed by atoms with Gasteiger partial charge in [-0.2, -0.15) is 13.2 Å². The number of carbonyl (C=O) groups is 1. The lowest BCUT2D eigenvalue weighted by atomic mass is 9.91. The van der Waals surface area contributed by atoms with E-state index < -0.39 is 17.7 Å². The Morgan fingerprint density at radius 2 is 1.88 bits per heavy atom. The van der Waals surface area contributed by atoms with Crippen LogP contribution in [-0.4, -0.2) is 15.6 Å². The second-order valence-corrected chi connectivity index (χ2v) is 10.4. The Morgan fingerprint density at radius 1 is 1.12 bits per heavy atom. The molecular formula is C26H25F3INO3. The summed E-state index contributed by atoms with van der Waals surface area (Å²) < 4.78 is 50.4. The van der Waals surface area contributed by atoms with Crippen LogP contribution in [0, 0.1) is 3.57 Å². The van der Waals surface area contributed by atoms with Gasteiger partial charge in [0.2, 0.25) is 0 Å². The first-order valence-electron chi connectivity index (χ1n) is 11.6. The van der Waals surface area contributed by atoms with E-state index in [-0.39, 0.29) is 24.9 Å². The third-order valence-corrected chi connectivity index (χ3v) is 8.28. The first-order chi connectivity index (χ1) is 16.2. The van der Waals surface area contributed by atoms with E-state index in [2.05, 4.69) is 27.2 Å². The van der Waals surface area contributed by atoms with Gasteiger partial charge in [-0.25, -0.2) is 0 Å². The maximum Gasteiger partial charge on any atom is 0.416 e. The molecule has 1 aliphatic carbocycles. The van der Waals surface area contributed by atoms with Crippen LogP contribution in [0.25, 0.3) is 10.9 Å². The number of nitrogens with zero attached hydrogens (tertiary/aromatic N) is 1. The summed E-state index contributed by atoms with van der Waals surface area (Å²) in [5, 5.41) is 10.2. The lowest BCUT2D eigenvalue weighted by molar-refractivity contribution is -0.139. The molecule has 8 heteroatoms. The largest absolute Gasteiger partial charge is 0.489 e.